The first kappa shape index (κ1) is 23.2. The molecule has 1 amide bonds. The van der Waals surface area contributed by atoms with E-state index in [0.29, 0.717) is 17.8 Å². The molecule has 0 bridgehead atoms. The molecule has 1 aliphatic rings. The van der Waals surface area contributed by atoms with Crippen molar-refractivity contribution < 1.29 is 13.2 Å². The number of amides is 1. The Morgan fingerprint density at radius 3 is 2.32 bits per heavy atom. The van der Waals surface area contributed by atoms with Crippen LogP contribution in [-0.2, 0) is 21.2 Å². The van der Waals surface area contributed by atoms with Gasteiger partial charge in [0.05, 0.1) is 4.90 Å². The molecule has 31 heavy (non-hydrogen) atoms. The zero-order chi connectivity index (χ0) is 22.4. The molecule has 0 spiro atoms. The maximum atomic E-state index is 12.6. The molecule has 0 aromatic heterocycles. The van der Waals surface area contributed by atoms with Crippen molar-refractivity contribution in [1.82, 2.24) is 9.62 Å². The number of carbonyl (C=O) groups is 1. The van der Waals surface area contributed by atoms with Gasteiger partial charge in [-0.1, -0.05) is 12.1 Å². The van der Waals surface area contributed by atoms with Crippen molar-refractivity contribution in [2.24, 2.45) is 0 Å². The fourth-order valence-electron chi connectivity index (χ4n) is 3.75. The molecule has 3 rings (SSSR count). The van der Waals surface area contributed by atoms with Crippen LogP contribution in [0.15, 0.2) is 47.4 Å². The third-order valence-electron chi connectivity index (χ3n) is 5.52. The molecule has 2 N–H and O–H groups in total. The fraction of sp³-hybridized carbons (Fsp3) is 0.435. The van der Waals surface area contributed by atoms with Crippen LogP contribution in [0.3, 0.4) is 0 Å². The molecule has 0 atom stereocenters. The van der Waals surface area contributed by atoms with E-state index in [2.05, 4.69) is 51.2 Å². The number of benzene rings is 2. The Balaban J connectivity index is 1.49. The van der Waals surface area contributed by atoms with E-state index in [1.807, 2.05) is 0 Å². The van der Waals surface area contributed by atoms with Gasteiger partial charge in [0, 0.05) is 51.0 Å². The Bertz CT molecular complexity index is 998. The molecule has 1 fully saturated rings. The first-order valence-electron chi connectivity index (χ1n) is 10.6. The smallest absolute Gasteiger partial charge is 0.240 e. The Labute approximate surface area is 185 Å². The number of nitrogens with one attached hydrogen (secondary N) is 2. The second-order valence-corrected chi connectivity index (χ2v) is 9.85. The second-order valence-electron chi connectivity index (χ2n) is 8.12. The summed E-state index contributed by atoms with van der Waals surface area (Å²) in [4.78, 5) is 16.1. The number of nitrogens with zero attached hydrogens (tertiary/aromatic N) is 2. The van der Waals surface area contributed by atoms with Crippen molar-refractivity contribution in [3.05, 3.63) is 53.6 Å². The fourth-order valence-corrected chi connectivity index (χ4v) is 5.05. The molecule has 2 aromatic rings. The average molecular weight is 445 g/mol. The Morgan fingerprint density at radius 2 is 1.71 bits per heavy atom. The lowest BCUT2D eigenvalue weighted by Gasteiger charge is -2.34. The highest BCUT2D eigenvalue weighted by Gasteiger charge is 2.17. The van der Waals surface area contributed by atoms with Crippen molar-refractivity contribution >= 4 is 27.3 Å². The summed E-state index contributed by atoms with van der Waals surface area (Å²) in [5.74, 6) is -0.190. The minimum absolute atomic E-state index is 0.190. The predicted octanol–water partition coefficient (Wildman–Crippen LogP) is 2.62. The minimum atomic E-state index is -3.59. The Morgan fingerprint density at radius 1 is 1.03 bits per heavy atom. The van der Waals surface area contributed by atoms with Crippen LogP contribution < -0.4 is 14.9 Å². The number of hydrogen-bond donors (Lipinski definition) is 2. The van der Waals surface area contributed by atoms with E-state index >= 15 is 0 Å². The van der Waals surface area contributed by atoms with Crippen LogP contribution in [-0.4, -0.2) is 59.0 Å². The van der Waals surface area contributed by atoms with Crippen LogP contribution in [0, 0.1) is 6.92 Å². The summed E-state index contributed by atoms with van der Waals surface area (Å²) >= 11 is 0. The highest BCUT2D eigenvalue weighted by Crippen LogP contribution is 2.20. The first-order valence-corrected chi connectivity index (χ1v) is 12.1. The molecule has 7 nitrogen and oxygen atoms in total. The van der Waals surface area contributed by atoms with E-state index in [0.717, 1.165) is 39.0 Å². The van der Waals surface area contributed by atoms with Gasteiger partial charge in [-0.2, -0.15) is 0 Å². The number of hydrogen-bond acceptors (Lipinski definition) is 5. The highest BCUT2D eigenvalue weighted by molar-refractivity contribution is 7.89. The topological polar surface area (TPSA) is 81.7 Å². The van der Waals surface area contributed by atoms with E-state index in [1.54, 1.807) is 19.1 Å². The predicted molar refractivity (Wildman–Crippen MR) is 125 cm³/mol. The van der Waals surface area contributed by atoms with Crippen LogP contribution in [0.4, 0.5) is 11.4 Å². The van der Waals surface area contributed by atoms with Gasteiger partial charge >= 0.3 is 0 Å². The van der Waals surface area contributed by atoms with Gasteiger partial charge in [-0.05, 0) is 68.3 Å². The number of rotatable bonds is 8. The van der Waals surface area contributed by atoms with Gasteiger partial charge in [0.15, 0.2) is 0 Å². The molecular formula is C23H32N4O3S. The normalized spacial score (nSPS) is 15.1. The SMILES string of the molecule is CC(=O)Nc1ccc(S(=O)(=O)NCCCc2ccc(N3CCN(C)CC3)cc2)c(C)c1. The maximum Gasteiger partial charge on any atom is 0.240 e. The maximum absolute atomic E-state index is 12.6. The summed E-state index contributed by atoms with van der Waals surface area (Å²) in [5, 5.41) is 2.66. The van der Waals surface area contributed by atoms with Crippen LogP contribution in [0.1, 0.15) is 24.5 Å². The molecular weight excluding hydrogens is 412 g/mol. The van der Waals surface area contributed by atoms with Gasteiger partial charge in [0.1, 0.15) is 0 Å². The molecule has 0 unspecified atom stereocenters. The number of sulfonamides is 1. The molecule has 8 heteroatoms. The molecule has 168 valence electrons. The monoisotopic (exact) mass is 444 g/mol. The summed E-state index contributed by atoms with van der Waals surface area (Å²) in [5.41, 5.74) is 3.63. The van der Waals surface area contributed by atoms with Crippen LogP contribution in [0.25, 0.3) is 0 Å². The van der Waals surface area contributed by atoms with Crippen molar-refractivity contribution in [3.63, 3.8) is 0 Å². The van der Waals surface area contributed by atoms with E-state index < -0.39 is 10.0 Å². The zero-order valence-corrected chi connectivity index (χ0v) is 19.3. The number of anilines is 2. The lowest BCUT2D eigenvalue weighted by Crippen LogP contribution is -2.44. The Hall–Kier alpha value is -2.42. The van der Waals surface area contributed by atoms with E-state index in [1.165, 1.54) is 24.2 Å². The summed E-state index contributed by atoms with van der Waals surface area (Å²) in [7, 11) is -1.44. The van der Waals surface area contributed by atoms with E-state index in [-0.39, 0.29) is 10.8 Å². The average Bonchev–Trinajstić information content (AvgIpc) is 2.72. The van der Waals surface area contributed by atoms with Crippen molar-refractivity contribution in [1.29, 1.82) is 0 Å². The van der Waals surface area contributed by atoms with Crippen LogP contribution in [0.5, 0.6) is 0 Å². The third-order valence-corrected chi connectivity index (χ3v) is 7.15. The van der Waals surface area contributed by atoms with Gasteiger partial charge in [0.25, 0.3) is 0 Å². The van der Waals surface area contributed by atoms with Gasteiger partial charge in [0.2, 0.25) is 15.9 Å². The standard InChI is InChI=1S/C23H32N4O3S/c1-18-17-21(25-19(2)28)8-11-23(18)31(29,30)24-12-4-5-20-6-9-22(10-7-20)27-15-13-26(3)14-16-27/h6-11,17,24H,4-5,12-16H2,1-3H3,(H,25,28). The summed E-state index contributed by atoms with van der Waals surface area (Å²) in [6.45, 7) is 7.76. The molecule has 0 saturated carbocycles. The van der Waals surface area contributed by atoms with Crippen LogP contribution in [0.2, 0.25) is 0 Å². The summed E-state index contributed by atoms with van der Waals surface area (Å²) in [6, 6.07) is 13.4. The van der Waals surface area contributed by atoms with Gasteiger partial charge in [-0.15, -0.1) is 0 Å². The summed E-state index contributed by atoms with van der Waals surface area (Å²) in [6.07, 6.45) is 1.53. The lowest BCUT2D eigenvalue weighted by atomic mass is 10.1. The quantitative estimate of drug-likeness (QED) is 0.612. The molecule has 0 aliphatic carbocycles. The highest BCUT2D eigenvalue weighted by atomic mass is 32.2. The molecule has 1 saturated heterocycles. The molecule has 2 aromatic carbocycles. The van der Waals surface area contributed by atoms with Gasteiger partial charge in [-0.3, -0.25) is 4.79 Å². The van der Waals surface area contributed by atoms with Gasteiger partial charge < -0.3 is 15.1 Å². The number of piperazine rings is 1. The van der Waals surface area contributed by atoms with E-state index in [4.69, 9.17) is 0 Å². The van der Waals surface area contributed by atoms with Crippen molar-refractivity contribution in [2.45, 2.75) is 31.6 Å². The van der Waals surface area contributed by atoms with Crippen molar-refractivity contribution in [3.8, 4) is 0 Å². The third kappa shape index (κ3) is 6.53. The van der Waals surface area contributed by atoms with Crippen LogP contribution >= 0.6 is 0 Å². The zero-order valence-electron chi connectivity index (χ0n) is 18.5. The lowest BCUT2D eigenvalue weighted by molar-refractivity contribution is -0.114. The number of aryl methyl sites for hydroxylation is 2. The minimum Gasteiger partial charge on any atom is -0.369 e. The number of likely N-dealkylation sites (N-methyl/N-ethyl adjacent to an activating group) is 1. The molecule has 1 aliphatic heterocycles. The second kappa shape index (κ2) is 10.3. The Kier molecular flexibility index (Phi) is 7.69. The largest absolute Gasteiger partial charge is 0.369 e. The van der Waals surface area contributed by atoms with Gasteiger partial charge in [-0.25, -0.2) is 13.1 Å². The first-order chi connectivity index (χ1) is 14.7. The molecule has 1 heterocycles. The van der Waals surface area contributed by atoms with Crippen molar-refractivity contribution in [2.75, 3.05) is 50.0 Å². The van der Waals surface area contributed by atoms with E-state index in [9.17, 15) is 13.2 Å². The number of carbonyl (C=O) groups excluding carboxylic acids is 1. The molecule has 0 radical (unpaired) electrons. The summed E-state index contributed by atoms with van der Waals surface area (Å²) < 4.78 is 28.0.